The van der Waals surface area contributed by atoms with Crippen molar-refractivity contribution >= 4 is 0 Å². The first-order chi connectivity index (χ1) is 11.2. The molecule has 0 aliphatic heterocycles. The van der Waals surface area contributed by atoms with E-state index in [2.05, 4.69) is 58.5 Å². The van der Waals surface area contributed by atoms with Gasteiger partial charge < -0.3 is 4.52 Å². The Bertz CT molecular complexity index is 857. The lowest BCUT2D eigenvalue weighted by molar-refractivity contribution is 0.426. The largest absolute Gasteiger partial charge is 0.356 e. The van der Waals surface area contributed by atoms with E-state index in [-0.39, 0.29) is 6.54 Å². The van der Waals surface area contributed by atoms with Crippen molar-refractivity contribution in [2.45, 2.75) is 20.4 Å². The number of rotatable bonds is 4. The van der Waals surface area contributed by atoms with E-state index in [1.165, 1.54) is 11.1 Å². The van der Waals surface area contributed by atoms with E-state index >= 15 is 0 Å². The molecule has 3 rings (SSSR count). The molecule has 3 aromatic rings. The molecule has 0 saturated heterocycles. The summed E-state index contributed by atoms with van der Waals surface area (Å²) in [6.07, 6.45) is 0. The number of aromatic nitrogens is 1. The maximum absolute atomic E-state index is 8.51. The third-order valence-corrected chi connectivity index (χ3v) is 3.81. The van der Waals surface area contributed by atoms with Gasteiger partial charge in [0.1, 0.15) is 0 Å². The molecular formula is C18H16N4O. The molecule has 0 atom stereocenters. The molecule has 0 fully saturated rings. The Morgan fingerprint density at radius 3 is 2.13 bits per heavy atom. The molecule has 1 aromatic heterocycles. The van der Waals surface area contributed by atoms with Crippen LogP contribution < -0.4 is 0 Å². The highest BCUT2D eigenvalue weighted by molar-refractivity contribution is 5.69. The number of hydrogen-bond donors (Lipinski definition) is 0. The summed E-state index contributed by atoms with van der Waals surface area (Å²) in [6, 6.07) is 16.5. The van der Waals surface area contributed by atoms with Gasteiger partial charge in [0.2, 0.25) is 0 Å². The molecular weight excluding hydrogens is 288 g/mol. The van der Waals surface area contributed by atoms with Crippen LogP contribution in [0.1, 0.15) is 16.8 Å². The number of hydrogen-bond acceptors (Lipinski definition) is 3. The Hall–Kier alpha value is -3.04. The van der Waals surface area contributed by atoms with Crippen molar-refractivity contribution in [3.8, 4) is 22.5 Å². The van der Waals surface area contributed by atoms with Gasteiger partial charge in [0.15, 0.2) is 5.76 Å². The Morgan fingerprint density at radius 2 is 1.52 bits per heavy atom. The monoisotopic (exact) mass is 304 g/mol. The van der Waals surface area contributed by atoms with Crippen molar-refractivity contribution in [1.82, 2.24) is 5.16 Å². The zero-order chi connectivity index (χ0) is 16.2. The van der Waals surface area contributed by atoms with Crippen LogP contribution in [0.2, 0.25) is 0 Å². The van der Waals surface area contributed by atoms with Crippen molar-refractivity contribution in [2.24, 2.45) is 5.11 Å². The molecule has 0 unspecified atom stereocenters. The van der Waals surface area contributed by atoms with Gasteiger partial charge in [-0.25, -0.2) is 0 Å². The lowest BCUT2D eigenvalue weighted by Gasteiger charge is -2.04. The minimum Gasteiger partial charge on any atom is -0.356 e. The third kappa shape index (κ3) is 3.10. The van der Waals surface area contributed by atoms with Gasteiger partial charge in [-0.15, -0.1) is 0 Å². The van der Waals surface area contributed by atoms with Crippen molar-refractivity contribution in [1.29, 1.82) is 0 Å². The second-order valence-electron chi connectivity index (χ2n) is 5.41. The van der Waals surface area contributed by atoms with Gasteiger partial charge >= 0.3 is 0 Å². The predicted molar refractivity (Wildman–Crippen MR) is 89.7 cm³/mol. The van der Waals surface area contributed by atoms with Crippen LogP contribution in [0.25, 0.3) is 32.9 Å². The van der Waals surface area contributed by atoms with Crippen LogP contribution in [-0.2, 0) is 6.54 Å². The Labute approximate surface area is 134 Å². The van der Waals surface area contributed by atoms with Crippen molar-refractivity contribution in [3.05, 3.63) is 75.8 Å². The van der Waals surface area contributed by atoms with Crippen LogP contribution in [0.4, 0.5) is 0 Å². The minimum absolute atomic E-state index is 0.237. The van der Waals surface area contributed by atoms with E-state index in [4.69, 9.17) is 10.1 Å². The molecule has 0 aliphatic rings. The van der Waals surface area contributed by atoms with E-state index < -0.39 is 0 Å². The van der Waals surface area contributed by atoms with Crippen LogP contribution in [0.3, 0.4) is 0 Å². The summed E-state index contributed by atoms with van der Waals surface area (Å²) in [5.74, 6) is 0.658. The summed E-state index contributed by atoms with van der Waals surface area (Å²) in [6.45, 7) is 4.15. The van der Waals surface area contributed by atoms with E-state index in [9.17, 15) is 0 Å². The first-order valence-corrected chi connectivity index (χ1v) is 7.32. The summed E-state index contributed by atoms with van der Waals surface area (Å²) in [5, 5.41) is 7.59. The van der Waals surface area contributed by atoms with Gasteiger partial charge in [-0.3, -0.25) is 0 Å². The number of azide groups is 1. The van der Waals surface area contributed by atoms with Crippen molar-refractivity contribution in [3.63, 3.8) is 0 Å². The molecule has 0 radical (unpaired) electrons. The molecule has 1 heterocycles. The summed E-state index contributed by atoms with van der Waals surface area (Å²) in [7, 11) is 0. The molecule has 0 aliphatic carbocycles. The summed E-state index contributed by atoms with van der Waals surface area (Å²) in [5.41, 5.74) is 14.6. The van der Waals surface area contributed by atoms with E-state index in [0.717, 1.165) is 22.4 Å². The van der Waals surface area contributed by atoms with Gasteiger partial charge in [-0.05, 0) is 30.5 Å². The number of benzene rings is 2. The van der Waals surface area contributed by atoms with E-state index in [0.29, 0.717) is 5.76 Å². The number of aryl methyl sites for hydroxylation is 2. The summed E-state index contributed by atoms with van der Waals surface area (Å²) in [4.78, 5) is 2.80. The molecule has 5 nitrogen and oxygen atoms in total. The average Bonchev–Trinajstić information content (AvgIpc) is 2.94. The third-order valence-electron chi connectivity index (χ3n) is 3.81. The van der Waals surface area contributed by atoms with E-state index in [1.807, 2.05) is 19.1 Å². The maximum Gasteiger partial charge on any atom is 0.170 e. The predicted octanol–water partition coefficient (Wildman–Crippen LogP) is 5.44. The Balaban J connectivity index is 1.93. The normalized spacial score (nSPS) is 10.3. The first kappa shape index (κ1) is 14.9. The molecule has 114 valence electrons. The van der Waals surface area contributed by atoms with Gasteiger partial charge in [-0.1, -0.05) is 64.4 Å². The smallest absolute Gasteiger partial charge is 0.170 e. The Kier molecular flexibility index (Phi) is 4.13. The van der Waals surface area contributed by atoms with E-state index in [1.54, 1.807) is 0 Å². The highest BCUT2D eigenvalue weighted by Crippen LogP contribution is 2.29. The second-order valence-corrected chi connectivity index (χ2v) is 5.41. The number of nitrogens with zero attached hydrogens (tertiary/aromatic N) is 4. The highest BCUT2D eigenvalue weighted by Gasteiger charge is 2.14. The van der Waals surface area contributed by atoms with Crippen LogP contribution in [-0.4, -0.2) is 5.16 Å². The molecule has 0 N–H and O–H groups in total. The highest BCUT2D eigenvalue weighted by atomic mass is 16.5. The van der Waals surface area contributed by atoms with Gasteiger partial charge in [0.05, 0.1) is 12.2 Å². The zero-order valence-corrected chi connectivity index (χ0v) is 13.0. The SMILES string of the molecule is Cc1ccc(-c2ccc(-c3onc(C)c3CN=[N+]=[N-])cc2)cc1. The maximum atomic E-state index is 8.51. The van der Waals surface area contributed by atoms with Crippen LogP contribution in [0.5, 0.6) is 0 Å². The molecule has 5 heteroatoms. The minimum atomic E-state index is 0.237. The quantitative estimate of drug-likeness (QED) is 0.366. The van der Waals surface area contributed by atoms with Crippen LogP contribution in [0, 0.1) is 13.8 Å². The van der Waals surface area contributed by atoms with Crippen LogP contribution >= 0.6 is 0 Å². The van der Waals surface area contributed by atoms with Crippen molar-refractivity contribution in [2.75, 3.05) is 0 Å². The van der Waals surface area contributed by atoms with Crippen LogP contribution in [0.15, 0.2) is 58.2 Å². The van der Waals surface area contributed by atoms with Gasteiger partial charge in [-0.2, -0.15) is 0 Å². The molecule has 0 saturated carbocycles. The van der Waals surface area contributed by atoms with Gasteiger partial charge in [0, 0.05) is 16.0 Å². The molecule has 0 bridgehead atoms. The molecule has 23 heavy (non-hydrogen) atoms. The fourth-order valence-corrected chi connectivity index (χ4v) is 2.46. The molecule has 0 amide bonds. The summed E-state index contributed by atoms with van der Waals surface area (Å²) < 4.78 is 5.41. The van der Waals surface area contributed by atoms with Crippen molar-refractivity contribution < 1.29 is 4.52 Å². The summed E-state index contributed by atoms with van der Waals surface area (Å²) >= 11 is 0. The second kappa shape index (κ2) is 6.38. The zero-order valence-electron chi connectivity index (χ0n) is 13.0. The fourth-order valence-electron chi connectivity index (χ4n) is 2.46. The van der Waals surface area contributed by atoms with Gasteiger partial charge in [0.25, 0.3) is 0 Å². The molecule has 0 spiro atoms. The molecule has 2 aromatic carbocycles. The lowest BCUT2D eigenvalue weighted by Crippen LogP contribution is -1.86. The standard InChI is InChI=1S/C18H16N4O/c1-12-3-5-14(6-4-12)15-7-9-16(10-8-15)18-17(11-20-22-19)13(2)21-23-18/h3-10H,11H2,1-2H3. The average molecular weight is 304 g/mol. The Morgan fingerprint density at radius 1 is 0.957 bits per heavy atom. The lowest BCUT2D eigenvalue weighted by atomic mass is 10.0. The topological polar surface area (TPSA) is 74.8 Å². The first-order valence-electron chi connectivity index (χ1n) is 7.32. The fraction of sp³-hybridized carbons (Fsp3) is 0.167.